The first kappa shape index (κ1) is 41.4. The molecule has 0 heterocycles. The molecule has 0 N–H and O–H groups in total. The van der Waals surface area contributed by atoms with E-state index in [-0.39, 0.29) is 24.0 Å². The van der Waals surface area contributed by atoms with Crippen LogP contribution in [-0.4, -0.2) is 37.2 Å². The number of hydrogen-bond acceptors (Lipinski definition) is 6. The van der Waals surface area contributed by atoms with Gasteiger partial charge in [-0.3, -0.25) is 14.4 Å². The lowest BCUT2D eigenvalue weighted by Crippen LogP contribution is -2.20. The van der Waals surface area contributed by atoms with Crippen LogP contribution in [0, 0.1) is 0 Å². The van der Waals surface area contributed by atoms with Crippen molar-refractivity contribution in [2.24, 2.45) is 0 Å². The molecular weight excluding hydrogens is 540 g/mol. The largest absolute Gasteiger partial charge is 0.466 e. The molecule has 0 aliphatic carbocycles. The Kier molecular flexibility index (Phi) is 32.1. The number of esters is 3. The van der Waals surface area contributed by atoms with E-state index in [1.54, 1.807) is 0 Å². The van der Waals surface area contributed by atoms with Crippen LogP contribution in [0.4, 0.5) is 0 Å². The second kappa shape index (κ2) is 33.3. The van der Waals surface area contributed by atoms with Crippen LogP contribution in [0.25, 0.3) is 0 Å². The summed E-state index contributed by atoms with van der Waals surface area (Å²) in [6.07, 6.45) is 28.4. The van der Waals surface area contributed by atoms with Crippen LogP contribution in [0.1, 0.15) is 201 Å². The number of ether oxygens (including phenoxy) is 3. The summed E-state index contributed by atoms with van der Waals surface area (Å²) < 4.78 is 16.7. The molecule has 0 bridgehead atoms. The molecule has 0 saturated carbocycles. The molecule has 254 valence electrons. The molecule has 0 aliphatic rings. The number of hydrogen-bond donors (Lipinski definition) is 0. The lowest BCUT2D eigenvalue weighted by Gasteiger charge is -2.18. The molecule has 0 rings (SSSR count). The summed E-state index contributed by atoms with van der Waals surface area (Å²) >= 11 is 0. The third-order valence-corrected chi connectivity index (χ3v) is 8.12. The van der Waals surface area contributed by atoms with Gasteiger partial charge in [0.05, 0.1) is 13.2 Å². The predicted octanol–water partition coefficient (Wildman–Crippen LogP) is 11.0. The second-order valence-electron chi connectivity index (χ2n) is 12.5. The molecular formula is C37H70O6. The Bertz CT molecular complexity index is 597. The minimum absolute atomic E-state index is 0.131. The van der Waals surface area contributed by atoms with Crippen molar-refractivity contribution in [1.82, 2.24) is 0 Å². The van der Waals surface area contributed by atoms with E-state index in [0.717, 1.165) is 38.5 Å². The van der Waals surface area contributed by atoms with Crippen molar-refractivity contribution >= 4 is 17.9 Å². The molecule has 0 aromatic rings. The summed E-state index contributed by atoms with van der Waals surface area (Å²) in [6.45, 7) is 7.36. The van der Waals surface area contributed by atoms with E-state index in [0.29, 0.717) is 58.2 Å². The average Bonchev–Trinajstić information content (AvgIpc) is 2.99. The van der Waals surface area contributed by atoms with Gasteiger partial charge in [-0.05, 0) is 44.9 Å². The maximum Gasteiger partial charge on any atom is 0.306 e. The van der Waals surface area contributed by atoms with Crippen molar-refractivity contribution in [2.45, 2.75) is 207 Å². The van der Waals surface area contributed by atoms with E-state index < -0.39 is 0 Å². The minimum Gasteiger partial charge on any atom is -0.466 e. The van der Waals surface area contributed by atoms with Gasteiger partial charge in [0.1, 0.15) is 6.10 Å². The molecule has 0 fully saturated rings. The Morgan fingerprint density at radius 2 is 0.698 bits per heavy atom. The highest BCUT2D eigenvalue weighted by Gasteiger charge is 2.15. The summed E-state index contributed by atoms with van der Waals surface area (Å²) in [7, 11) is 0. The van der Waals surface area contributed by atoms with Crippen LogP contribution in [0.5, 0.6) is 0 Å². The fourth-order valence-electron chi connectivity index (χ4n) is 5.32. The molecule has 0 aromatic carbocycles. The van der Waals surface area contributed by atoms with Gasteiger partial charge in [0, 0.05) is 19.3 Å². The molecule has 0 aliphatic heterocycles. The third-order valence-electron chi connectivity index (χ3n) is 8.12. The SMILES string of the molecule is CCCCCCCCCC(=O)OCCCC(CCCOC(=O)CCCCCCCCC)OC(=O)CCCCCCCCC. The van der Waals surface area contributed by atoms with Crippen molar-refractivity contribution in [1.29, 1.82) is 0 Å². The first-order chi connectivity index (χ1) is 21.0. The van der Waals surface area contributed by atoms with Gasteiger partial charge in [0.25, 0.3) is 0 Å². The zero-order valence-corrected chi connectivity index (χ0v) is 28.7. The Morgan fingerprint density at radius 1 is 0.395 bits per heavy atom. The quantitative estimate of drug-likeness (QED) is 0.0418. The van der Waals surface area contributed by atoms with Crippen LogP contribution in [0.3, 0.4) is 0 Å². The van der Waals surface area contributed by atoms with E-state index in [1.807, 2.05) is 0 Å². The second-order valence-corrected chi connectivity index (χ2v) is 12.5. The number of carbonyl (C=O) groups is 3. The average molecular weight is 611 g/mol. The Morgan fingerprint density at radius 3 is 1.05 bits per heavy atom. The molecule has 0 aromatic heterocycles. The van der Waals surface area contributed by atoms with Gasteiger partial charge in [-0.2, -0.15) is 0 Å². The Hall–Kier alpha value is -1.59. The summed E-state index contributed by atoms with van der Waals surface area (Å²) in [6, 6.07) is 0. The van der Waals surface area contributed by atoms with Crippen LogP contribution in [0.2, 0.25) is 0 Å². The Labute approximate surface area is 266 Å². The van der Waals surface area contributed by atoms with E-state index in [2.05, 4.69) is 20.8 Å². The zero-order chi connectivity index (χ0) is 31.6. The smallest absolute Gasteiger partial charge is 0.306 e. The topological polar surface area (TPSA) is 78.9 Å². The molecule has 43 heavy (non-hydrogen) atoms. The van der Waals surface area contributed by atoms with E-state index in [9.17, 15) is 14.4 Å². The van der Waals surface area contributed by atoms with Crippen molar-refractivity contribution in [3.63, 3.8) is 0 Å². The maximum absolute atomic E-state index is 12.5. The van der Waals surface area contributed by atoms with Gasteiger partial charge in [-0.15, -0.1) is 0 Å². The van der Waals surface area contributed by atoms with Crippen molar-refractivity contribution in [3.8, 4) is 0 Å². The maximum atomic E-state index is 12.5. The predicted molar refractivity (Wildman–Crippen MR) is 178 cm³/mol. The number of unbranched alkanes of at least 4 members (excludes halogenated alkanes) is 18. The first-order valence-electron chi connectivity index (χ1n) is 18.5. The van der Waals surface area contributed by atoms with Crippen LogP contribution in [-0.2, 0) is 28.6 Å². The zero-order valence-electron chi connectivity index (χ0n) is 28.7. The third kappa shape index (κ3) is 31.6. The van der Waals surface area contributed by atoms with E-state index in [4.69, 9.17) is 14.2 Å². The highest BCUT2D eigenvalue weighted by molar-refractivity contribution is 5.70. The number of rotatable bonds is 33. The fourth-order valence-corrected chi connectivity index (χ4v) is 5.32. The first-order valence-corrected chi connectivity index (χ1v) is 18.5. The van der Waals surface area contributed by atoms with E-state index >= 15 is 0 Å². The minimum atomic E-state index is -0.235. The van der Waals surface area contributed by atoms with Gasteiger partial charge in [-0.25, -0.2) is 0 Å². The fraction of sp³-hybridized carbons (Fsp3) is 0.919. The Balaban J connectivity index is 4.27. The van der Waals surface area contributed by atoms with Gasteiger partial charge >= 0.3 is 17.9 Å². The van der Waals surface area contributed by atoms with Crippen LogP contribution in [0.15, 0.2) is 0 Å². The van der Waals surface area contributed by atoms with Crippen molar-refractivity contribution in [2.75, 3.05) is 13.2 Å². The molecule has 0 spiro atoms. The summed E-state index contributed by atoms with van der Waals surface area (Å²) in [5.41, 5.74) is 0. The summed E-state index contributed by atoms with van der Waals surface area (Å²) in [4.78, 5) is 36.7. The normalized spacial score (nSPS) is 11.2. The van der Waals surface area contributed by atoms with Crippen molar-refractivity contribution in [3.05, 3.63) is 0 Å². The molecule has 0 radical (unpaired) electrons. The standard InChI is InChI=1S/C37H70O6/c1-4-7-10-13-16-19-22-29-35(38)41-32-25-27-34(43-37(40)31-24-21-18-15-12-9-6-3)28-26-33-42-36(39)30-23-20-17-14-11-8-5-2/h34H,4-33H2,1-3H3. The molecule has 0 unspecified atom stereocenters. The number of carbonyl (C=O) groups excluding carboxylic acids is 3. The lowest BCUT2D eigenvalue weighted by molar-refractivity contribution is -0.152. The van der Waals surface area contributed by atoms with Gasteiger partial charge < -0.3 is 14.2 Å². The molecule has 6 heteroatoms. The van der Waals surface area contributed by atoms with Gasteiger partial charge in [0.15, 0.2) is 0 Å². The summed E-state index contributed by atoms with van der Waals surface area (Å²) in [5.74, 6) is -0.409. The highest BCUT2D eigenvalue weighted by Crippen LogP contribution is 2.15. The molecule has 0 saturated heterocycles. The summed E-state index contributed by atoms with van der Waals surface area (Å²) in [5, 5.41) is 0. The molecule has 0 amide bonds. The monoisotopic (exact) mass is 611 g/mol. The van der Waals surface area contributed by atoms with Crippen molar-refractivity contribution < 1.29 is 28.6 Å². The van der Waals surface area contributed by atoms with E-state index in [1.165, 1.54) is 96.3 Å². The van der Waals surface area contributed by atoms with Crippen LogP contribution < -0.4 is 0 Å². The highest BCUT2D eigenvalue weighted by atomic mass is 16.5. The van der Waals surface area contributed by atoms with Gasteiger partial charge in [0.2, 0.25) is 0 Å². The van der Waals surface area contributed by atoms with Gasteiger partial charge in [-0.1, -0.05) is 136 Å². The molecule has 6 nitrogen and oxygen atoms in total. The molecule has 0 atom stereocenters. The lowest BCUT2D eigenvalue weighted by atomic mass is 10.1. The van der Waals surface area contributed by atoms with Crippen LogP contribution >= 0.6 is 0 Å².